The Morgan fingerprint density at radius 3 is 2.59 bits per heavy atom. The van der Waals surface area contributed by atoms with Gasteiger partial charge in [-0.3, -0.25) is 9.78 Å². The van der Waals surface area contributed by atoms with Gasteiger partial charge in [0.05, 0.1) is 36.4 Å². The fraction of sp³-hybridized carbons (Fsp3) is 0.290. The molecule has 1 fully saturated rings. The number of nitrogens with one attached hydrogen (secondary N) is 1. The second-order valence-corrected chi connectivity index (χ2v) is 9.96. The number of carbonyl (C=O) groups is 1. The van der Waals surface area contributed by atoms with E-state index in [2.05, 4.69) is 10.3 Å². The van der Waals surface area contributed by atoms with Gasteiger partial charge < -0.3 is 19.5 Å². The summed E-state index contributed by atoms with van der Waals surface area (Å²) in [6, 6.07) is 12.2. The number of nitrogens with zero attached hydrogens (tertiary/aromatic N) is 1. The number of methoxy groups -OCH3 is 1. The quantitative estimate of drug-likeness (QED) is 0.269. The number of fused-ring (bicyclic) bond motifs is 2. The van der Waals surface area contributed by atoms with Crippen molar-refractivity contribution in [2.45, 2.75) is 31.2 Å². The highest BCUT2D eigenvalue weighted by Gasteiger charge is 2.30. The van der Waals surface area contributed by atoms with Crippen LogP contribution in [-0.2, 0) is 4.74 Å². The van der Waals surface area contributed by atoms with Gasteiger partial charge >= 0.3 is 0 Å². The zero-order valence-electron chi connectivity index (χ0n) is 22.3. The van der Waals surface area contributed by atoms with Crippen LogP contribution in [0.15, 0.2) is 54.7 Å². The van der Waals surface area contributed by atoms with Crippen LogP contribution in [0, 0.1) is 17.5 Å². The van der Waals surface area contributed by atoms with E-state index >= 15 is 4.39 Å². The van der Waals surface area contributed by atoms with Crippen LogP contribution in [-0.4, -0.2) is 37.8 Å². The Morgan fingerprint density at radius 2 is 1.80 bits per heavy atom. The zero-order valence-corrected chi connectivity index (χ0v) is 23.3. The Balaban J connectivity index is 0.00000337. The molecule has 10 heteroatoms. The van der Waals surface area contributed by atoms with E-state index in [0.29, 0.717) is 56.1 Å². The number of amides is 1. The molecule has 1 saturated heterocycles. The molecule has 0 bridgehead atoms. The number of para-hydroxylation sites is 1. The molecule has 2 aliphatic rings. The summed E-state index contributed by atoms with van der Waals surface area (Å²) < 4.78 is 60.4. The summed E-state index contributed by atoms with van der Waals surface area (Å²) >= 11 is 0. The van der Waals surface area contributed by atoms with E-state index in [-0.39, 0.29) is 53.8 Å². The van der Waals surface area contributed by atoms with Gasteiger partial charge in [0, 0.05) is 48.4 Å². The Labute approximate surface area is 242 Å². The first-order chi connectivity index (χ1) is 19.5. The Bertz CT molecular complexity index is 1610. The van der Waals surface area contributed by atoms with Crippen molar-refractivity contribution in [1.82, 2.24) is 10.3 Å². The molecule has 214 valence electrons. The van der Waals surface area contributed by atoms with Crippen molar-refractivity contribution >= 4 is 30.3 Å². The van der Waals surface area contributed by atoms with Crippen molar-refractivity contribution in [2.75, 3.05) is 26.9 Å². The molecule has 0 spiro atoms. The van der Waals surface area contributed by atoms with E-state index in [0.717, 1.165) is 22.9 Å². The lowest BCUT2D eigenvalue weighted by molar-refractivity contribution is 0.0840. The summed E-state index contributed by atoms with van der Waals surface area (Å²) in [5, 5.41) is 3.74. The van der Waals surface area contributed by atoms with Crippen LogP contribution in [0.1, 0.15) is 52.7 Å². The molecule has 6 nitrogen and oxygen atoms in total. The van der Waals surface area contributed by atoms with Gasteiger partial charge in [0.15, 0.2) is 11.6 Å². The van der Waals surface area contributed by atoms with E-state index in [9.17, 15) is 13.6 Å². The van der Waals surface area contributed by atoms with Crippen molar-refractivity contribution < 1.29 is 32.2 Å². The normalized spacial score (nSPS) is 16.8. The van der Waals surface area contributed by atoms with Gasteiger partial charge in [0.1, 0.15) is 17.3 Å². The Kier molecular flexibility index (Phi) is 8.42. The summed E-state index contributed by atoms with van der Waals surface area (Å²) in [7, 11) is 1.39. The maximum Gasteiger partial charge on any atom is 0.253 e. The lowest BCUT2D eigenvalue weighted by Gasteiger charge is -2.29. The average Bonchev–Trinajstić information content (AvgIpc) is 2.98. The van der Waals surface area contributed by atoms with Crippen molar-refractivity contribution in [3.8, 4) is 22.6 Å². The largest absolute Gasteiger partial charge is 0.496 e. The zero-order chi connectivity index (χ0) is 27.8. The highest BCUT2D eigenvalue weighted by molar-refractivity contribution is 7.59. The third-order valence-electron chi connectivity index (χ3n) is 7.66. The number of halogens is 3. The number of rotatable bonds is 5. The van der Waals surface area contributed by atoms with Crippen molar-refractivity contribution in [1.29, 1.82) is 0 Å². The molecule has 1 amide bonds. The minimum Gasteiger partial charge on any atom is -0.496 e. The minimum absolute atomic E-state index is 0. The average molecular weight is 583 g/mol. The third-order valence-corrected chi connectivity index (χ3v) is 7.66. The molecular formula is C31H29F3N2O4S. The van der Waals surface area contributed by atoms with Gasteiger partial charge in [-0.2, -0.15) is 13.5 Å². The Morgan fingerprint density at radius 1 is 1.02 bits per heavy atom. The number of aromatic nitrogens is 1. The van der Waals surface area contributed by atoms with Crippen molar-refractivity contribution in [2.24, 2.45) is 0 Å². The fourth-order valence-electron chi connectivity index (χ4n) is 5.77. The number of ether oxygens (including phenoxy) is 3. The van der Waals surface area contributed by atoms with E-state index in [1.165, 1.54) is 13.3 Å². The second kappa shape index (κ2) is 12.0. The number of pyridine rings is 1. The minimum atomic E-state index is -1.31. The molecule has 6 rings (SSSR count). The van der Waals surface area contributed by atoms with Crippen LogP contribution in [0.2, 0.25) is 0 Å². The first-order valence-electron chi connectivity index (χ1n) is 13.2. The molecule has 0 radical (unpaired) electrons. The highest BCUT2D eigenvalue weighted by atomic mass is 32.1. The molecule has 0 unspecified atom stereocenters. The lowest BCUT2D eigenvalue weighted by Crippen LogP contribution is -2.33. The number of benzene rings is 3. The molecule has 3 aromatic carbocycles. The van der Waals surface area contributed by atoms with Gasteiger partial charge in [0.2, 0.25) is 0 Å². The molecule has 2 aliphatic heterocycles. The van der Waals surface area contributed by atoms with Gasteiger partial charge in [-0.1, -0.05) is 18.2 Å². The summed E-state index contributed by atoms with van der Waals surface area (Å²) in [6.07, 6.45) is 3.42. The number of carbonyl (C=O) groups excluding carboxylic acids is 1. The molecule has 0 saturated carbocycles. The van der Waals surface area contributed by atoms with E-state index in [1.807, 2.05) is 24.3 Å². The third kappa shape index (κ3) is 5.34. The summed E-state index contributed by atoms with van der Waals surface area (Å²) in [4.78, 5) is 18.4. The topological polar surface area (TPSA) is 69.7 Å². The smallest absolute Gasteiger partial charge is 0.253 e. The maximum absolute atomic E-state index is 15.0. The van der Waals surface area contributed by atoms with Crippen LogP contribution in [0.3, 0.4) is 0 Å². The van der Waals surface area contributed by atoms with Crippen LogP contribution in [0.5, 0.6) is 11.5 Å². The van der Waals surface area contributed by atoms with Crippen LogP contribution >= 0.6 is 13.5 Å². The van der Waals surface area contributed by atoms with Crippen LogP contribution < -0.4 is 14.8 Å². The standard InChI is InChI=1S/C31H27F3N2O4.H2S/c1-38-26-7-6-20-27(17-8-11-39-12-9-17)22(31(37)36-24-10-13-40-25-5-3-2-4-19(24)25)16-35-30(20)28(26)21-14-18(32)15-23(33)29(21)34;/h2-7,14-17,24H,8-13H2,1H3,(H,36,37);1H2/t24-;/m0./s1. The fourth-order valence-corrected chi connectivity index (χ4v) is 5.77. The van der Waals surface area contributed by atoms with E-state index in [1.54, 1.807) is 12.1 Å². The van der Waals surface area contributed by atoms with Gasteiger partial charge in [-0.15, -0.1) is 0 Å². The highest BCUT2D eigenvalue weighted by Crippen LogP contribution is 2.43. The predicted molar refractivity (Wildman–Crippen MR) is 154 cm³/mol. The molecule has 1 aromatic heterocycles. The molecule has 4 aromatic rings. The SMILES string of the molecule is COc1ccc2c(C3CCOCC3)c(C(=O)N[C@H]3CCOc4ccccc43)cnc2c1-c1cc(F)cc(F)c1F.S. The van der Waals surface area contributed by atoms with Crippen molar-refractivity contribution in [3.05, 3.63) is 88.9 Å². The Hall–Kier alpha value is -3.76. The number of hydrogen-bond acceptors (Lipinski definition) is 5. The summed E-state index contributed by atoms with van der Waals surface area (Å²) in [5.41, 5.74) is 2.14. The molecule has 41 heavy (non-hydrogen) atoms. The van der Waals surface area contributed by atoms with Gasteiger partial charge in [0.25, 0.3) is 5.91 Å². The predicted octanol–water partition coefficient (Wildman–Crippen LogP) is 6.59. The first kappa shape index (κ1) is 28.8. The van der Waals surface area contributed by atoms with Gasteiger partial charge in [-0.25, -0.2) is 13.2 Å². The second-order valence-electron chi connectivity index (χ2n) is 9.96. The van der Waals surface area contributed by atoms with Crippen LogP contribution in [0.25, 0.3) is 22.0 Å². The molecule has 3 heterocycles. The van der Waals surface area contributed by atoms with Gasteiger partial charge in [-0.05, 0) is 48.6 Å². The van der Waals surface area contributed by atoms with Crippen molar-refractivity contribution in [3.63, 3.8) is 0 Å². The van der Waals surface area contributed by atoms with E-state index < -0.39 is 17.5 Å². The molecule has 1 atom stereocenters. The number of hydrogen-bond donors (Lipinski definition) is 1. The molecule has 0 aliphatic carbocycles. The summed E-state index contributed by atoms with van der Waals surface area (Å²) in [5.74, 6) is -2.84. The summed E-state index contributed by atoms with van der Waals surface area (Å²) in [6.45, 7) is 1.52. The molecular weight excluding hydrogens is 553 g/mol. The van der Waals surface area contributed by atoms with E-state index in [4.69, 9.17) is 14.2 Å². The molecule has 1 N–H and O–H groups in total. The van der Waals surface area contributed by atoms with Crippen LogP contribution in [0.4, 0.5) is 13.2 Å². The monoisotopic (exact) mass is 582 g/mol. The first-order valence-corrected chi connectivity index (χ1v) is 13.2. The lowest BCUT2D eigenvalue weighted by atomic mass is 9.84. The maximum atomic E-state index is 15.0.